The minimum atomic E-state index is -0.360. The van der Waals surface area contributed by atoms with Gasteiger partial charge in [0.2, 0.25) is 0 Å². The van der Waals surface area contributed by atoms with Gasteiger partial charge in [0, 0.05) is 0 Å². The number of nitrogens with one attached hydrogen (secondary N) is 1. The Bertz CT molecular complexity index is 1130. The monoisotopic (exact) mass is 447 g/mol. The first kappa shape index (κ1) is 18.7. The maximum atomic E-state index is 12.5. The average Bonchev–Trinajstić information content (AvgIpc) is 2.73. The van der Waals surface area contributed by atoms with E-state index in [-0.39, 0.29) is 21.7 Å². The van der Waals surface area contributed by atoms with Gasteiger partial charge >= 0.3 is 176 Å². The zero-order chi connectivity index (χ0) is 19.3. The van der Waals surface area contributed by atoms with Crippen molar-refractivity contribution in [2.24, 2.45) is 0 Å². The quantitative estimate of drug-likeness (QED) is 0.476. The Labute approximate surface area is 175 Å². The zero-order valence-corrected chi connectivity index (χ0v) is 17.6. The molecular weight excluding hydrogens is 431 g/mol. The predicted molar refractivity (Wildman–Crippen MR) is 116 cm³/mol. The predicted octanol–water partition coefficient (Wildman–Crippen LogP) is 3.47. The molecule has 0 unspecified atom stereocenters. The minimum absolute atomic E-state index is 0.0687. The second-order valence-electron chi connectivity index (χ2n) is 6.33. The van der Waals surface area contributed by atoms with Crippen LogP contribution in [0.1, 0.15) is 15.9 Å². The van der Waals surface area contributed by atoms with Crippen molar-refractivity contribution in [2.75, 3.05) is 0 Å². The summed E-state index contributed by atoms with van der Waals surface area (Å²) < 4.78 is 2.17. The van der Waals surface area contributed by atoms with E-state index in [0.29, 0.717) is 17.1 Å². The first-order valence-corrected chi connectivity index (χ1v) is 11.1. The van der Waals surface area contributed by atoms with Crippen molar-refractivity contribution >= 4 is 52.9 Å². The Balaban J connectivity index is 1.53. The molecule has 0 aliphatic heterocycles. The van der Waals surface area contributed by atoms with Crippen molar-refractivity contribution in [3.8, 4) is 0 Å². The molecule has 0 saturated heterocycles. The molecule has 3 nitrogen and oxygen atoms in total. The molecule has 137 valence electrons. The average molecular weight is 448 g/mol. The maximum absolute atomic E-state index is 12.5. The Hall–Kier alpha value is -2.61. The fraction of sp³-hybridized carbons (Fsp3) is 0.0435. The molecule has 1 N–H and O–H groups in total. The summed E-state index contributed by atoms with van der Waals surface area (Å²) in [6.45, 7) is 0.515. The van der Waals surface area contributed by atoms with Crippen LogP contribution >= 0.6 is 11.6 Å². The van der Waals surface area contributed by atoms with Crippen molar-refractivity contribution in [3.63, 3.8) is 0 Å². The summed E-state index contributed by atoms with van der Waals surface area (Å²) in [5.74, 6) is -0.0687. The molecule has 0 fully saturated rings. The third-order valence-electron chi connectivity index (χ3n) is 4.35. The van der Waals surface area contributed by atoms with E-state index < -0.39 is 0 Å². The number of pyridine rings is 1. The van der Waals surface area contributed by atoms with Gasteiger partial charge in [0.25, 0.3) is 0 Å². The number of carbonyl (C=O) groups is 1. The second kappa shape index (κ2) is 8.60. The number of fused-ring (bicyclic) bond motifs is 1. The molecule has 1 aromatic heterocycles. The second-order valence-corrected chi connectivity index (χ2v) is 9.21. The molecule has 0 aliphatic rings. The molecule has 1 heterocycles. The van der Waals surface area contributed by atoms with E-state index in [4.69, 9.17) is 11.6 Å². The summed E-state index contributed by atoms with van der Waals surface area (Å²) >= 11 is 5.82. The molecular formula is C23H17AsClN2O. The van der Waals surface area contributed by atoms with E-state index >= 15 is 0 Å². The van der Waals surface area contributed by atoms with Crippen LogP contribution in [0.25, 0.3) is 10.8 Å². The molecule has 0 atom stereocenters. The van der Waals surface area contributed by atoms with Crippen LogP contribution < -0.4 is 14.1 Å². The zero-order valence-electron chi connectivity index (χ0n) is 15.0. The van der Waals surface area contributed by atoms with Crippen molar-refractivity contribution in [1.29, 1.82) is 0 Å². The Morgan fingerprint density at radius 3 is 2.68 bits per heavy atom. The van der Waals surface area contributed by atoms with Crippen LogP contribution in [0.3, 0.4) is 0 Å². The standard InChI is InChI=1S/C23H17AsClN2O/c25-20-10-9-17-11-12-26-22(21(17)14-20)24-19-8-4-7-18(13-19)23(28)27-15-16-5-2-1-3-6-16/h1-14H,15H2,(H,27,28). The van der Waals surface area contributed by atoms with Gasteiger partial charge in [-0.05, 0) is 0 Å². The number of hydrogen-bond donors (Lipinski definition) is 1. The van der Waals surface area contributed by atoms with Crippen molar-refractivity contribution in [1.82, 2.24) is 10.3 Å². The van der Waals surface area contributed by atoms with Gasteiger partial charge in [-0.15, -0.1) is 0 Å². The number of carbonyl (C=O) groups excluding carboxylic acids is 1. The van der Waals surface area contributed by atoms with Gasteiger partial charge in [-0.1, -0.05) is 0 Å². The van der Waals surface area contributed by atoms with E-state index in [0.717, 1.165) is 25.2 Å². The number of aromatic nitrogens is 1. The molecule has 0 spiro atoms. The van der Waals surface area contributed by atoms with Gasteiger partial charge in [0.15, 0.2) is 0 Å². The van der Waals surface area contributed by atoms with Gasteiger partial charge < -0.3 is 0 Å². The summed E-state index contributed by atoms with van der Waals surface area (Å²) in [6, 6.07) is 25.5. The summed E-state index contributed by atoms with van der Waals surface area (Å²) in [4.78, 5) is 17.1. The van der Waals surface area contributed by atoms with Crippen LogP contribution in [0.4, 0.5) is 0 Å². The number of rotatable bonds is 5. The third kappa shape index (κ3) is 4.44. The molecule has 1 radical (unpaired) electrons. The van der Waals surface area contributed by atoms with Gasteiger partial charge in [0.1, 0.15) is 0 Å². The Morgan fingerprint density at radius 1 is 0.964 bits per heavy atom. The van der Waals surface area contributed by atoms with Gasteiger partial charge in [-0.25, -0.2) is 0 Å². The fourth-order valence-corrected chi connectivity index (χ4v) is 5.30. The molecule has 5 heteroatoms. The molecule has 0 bridgehead atoms. The first-order valence-electron chi connectivity index (χ1n) is 8.87. The summed E-state index contributed by atoms with van der Waals surface area (Å²) in [5, 5.41) is 5.89. The van der Waals surface area contributed by atoms with Crippen LogP contribution in [0.5, 0.6) is 0 Å². The topological polar surface area (TPSA) is 42.0 Å². The molecule has 3 aromatic carbocycles. The van der Waals surface area contributed by atoms with Gasteiger partial charge in [-0.2, -0.15) is 0 Å². The molecule has 1 amide bonds. The number of halogens is 1. The van der Waals surface area contributed by atoms with Crippen LogP contribution in [0.2, 0.25) is 5.02 Å². The van der Waals surface area contributed by atoms with Crippen LogP contribution in [-0.4, -0.2) is 26.6 Å². The van der Waals surface area contributed by atoms with E-state index in [2.05, 4.69) is 16.4 Å². The van der Waals surface area contributed by atoms with Crippen molar-refractivity contribution in [3.05, 3.63) is 101 Å². The van der Waals surface area contributed by atoms with Gasteiger partial charge in [0.05, 0.1) is 0 Å². The van der Waals surface area contributed by atoms with Crippen LogP contribution in [-0.2, 0) is 6.54 Å². The molecule has 0 saturated carbocycles. The summed E-state index contributed by atoms with van der Waals surface area (Å²) in [6.07, 6.45) is 1.83. The Kier molecular flexibility index (Phi) is 5.75. The van der Waals surface area contributed by atoms with Crippen LogP contribution in [0.15, 0.2) is 85.1 Å². The summed E-state index contributed by atoms with van der Waals surface area (Å²) in [7, 11) is 0. The molecule has 0 aliphatic carbocycles. The van der Waals surface area contributed by atoms with Crippen LogP contribution in [0, 0.1) is 0 Å². The van der Waals surface area contributed by atoms with Gasteiger partial charge in [-0.3, -0.25) is 0 Å². The number of nitrogens with zero attached hydrogens (tertiary/aromatic N) is 1. The number of hydrogen-bond acceptors (Lipinski definition) is 2. The van der Waals surface area contributed by atoms with E-state index in [1.807, 2.05) is 79.0 Å². The normalized spacial score (nSPS) is 11.2. The third-order valence-corrected chi connectivity index (χ3v) is 6.90. The number of benzene rings is 3. The first-order chi connectivity index (χ1) is 13.7. The van der Waals surface area contributed by atoms with E-state index in [9.17, 15) is 4.79 Å². The fourth-order valence-electron chi connectivity index (χ4n) is 2.93. The van der Waals surface area contributed by atoms with E-state index in [1.54, 1.807) is 0 Å². The molecule has 4 rings (SSSR count). The summed E-state index contributed by atoms with van der Waals surface area (Å²) in [5.41, 5.74) is 1.75. The molecule has 4 aromatic rings. The van der Waals surface area contributed by atoms with E-state index in [1.165, 1.54) is 0 Å². The van der Waals surface area contributed by atoms with Crippen molar-refractivity contribution < 1.29 is 4.79 Å². The number of amides is 1. The van der Waals surface area contributed by atoms with Crippen molar-refractivity contribution in [2.45, 2.75) is 6.54 Å². The Morgan fingerprint density at radius 2 is 1.82 bits per heavy atom. The molecule has 28 heavy (non-hydrogen) atoms. The SMILES string of the molecule is O=C(NCc1ccccc1)c1cccc([As]c2nccc3ccc(Cl)cc23)c1.